The van der Waals surface area contributed by atoms with E-state index in [1.807, 2.05) is 19.1 Å². The van der Waals surface area contributed by atoms with Gasteiger partial charge in [0, 0.05) is 6.20 Å². The maximum Gasteiger partial charge on any atom is 0.263 e. The van der Waals surface area contributed by atoms with Crippen LogP contribution in [0.4, 0.5) is 5.82 Å². The highest BCUT2D eigenvalue weighted by molar-refractivity contribution is 7.92. The third-order valence-electron chi connectivity index (χ3n) is 5.01. The lowest BCUT2D eigenvalue weighted by Crippen LogP contribution is -2.22. The Bertz CT molecular complexity index is 1500. The molecule has 0 aliphatic rings. The predicted octanol–water partition coefficient (Wildman–Crippen LogP) is 2.74. The number of hydrogen-bond donors (Lipinski definition) is 2. The molecule has 4 aromatic rings. The van der Waals surface area contributed by atoms with Gasteiger partial charge in [0.1, 0.15) is 6.54 Å². The topological polar surface area (TPSA) is 143 Å². The highest BCUT2D eigenvalue weighted by Crippen LogP contribution is 2.30. The van der Waals surface area contributed by atoms with E-state index in [4.69, 9.17) is 9.78 Å². The third-order valence-corrected chi connectivity index (χ3v) is 6.51. The SMILES string of the molecule is Cc1ccccc1S(=O)(=O)Nc1noc2cc(Cn3cc(C(=O)NCC#N)cn3)cc(C)c12. The summed E-state index contributed by atoms with van der Waals surface area (Å²) in [6.07, 6.45) is 3.00. The van der Waals surface area contributed by atoms with Crippen molar-refractivity contribution in [3.05, 3.63) is 71.0 Å². The number of carbonyl (C=O) groups is 1. The molecule has 0 spiro atoms. The quantitative estimate of drug-likeness (QED) is 0.400. The van der Waals surface area contributed by atoms with Gasteiger partial charge in [0.05, 0.1) is 34.7 Å². The Hall–Kier alpha value is -4.17. The second kappa shape index (κ2) is 8.76. The van der Waals surface area contributed by atoms with Crippen LogP contribution in [0.15, 0.2) is 58.2 Å². The van der Waals surface area contributed by atoms with Gasteiger partial charge in [-0.15, -0.1) is 0 Å². The second-order valence-electron chi connectivity index (χ2n) is 7.46. The molecule has 0 bridgehead atoms. The normalized spacial score (nSPS) is 11.3. The smallest absolute Gasteiger partial charge is 0.263 e. The number of aromatic nitrogens is 3. The van der Waals surface area contributed by atoms with Crippen LogP contribution in [0.25, 0.3) is 11.0 Å². The molecule has 0 unspecified atom stereocenters. The minimum atomic E-state index is -3.84. The van der Waals surface area contributed by atoms with Crippen molar-refractivity contribution in [2.75, 3.05) is 11.3 Å². The minimum Gasteiger partial charge on any atom is -0.354 e. The molecular weight excluding hydrogens is 444 g/mol. The largest absolute Gasteiger partial charge is 0.354 e. The first-order valence-corrected chi connectivity index (χ1v) is 11.4. The molecule has 0 aliphatic carbocycles. The number of nitrogens with zero attached hydrogens (tertiary/aromatic N) is 4. The third kappa shape index (κ3) is 4.56. The van der Waals surface area contributed by atoms with Gasteiger partial charge >= 0.3 is 0 Å². The van der Waals surface area contributed by atoms with E-state index in [0.29, 0.717) is 28.6 Å². The zero-order chi connectivity index (χ0) is 23.6. The van der Waals surface area contributed by atoms with Gasteiger partial charge in [-0.25, -0.2) is 8.42 Å². The monoisotopic (exact) mass is 464 g/mol. The van der Waals surface area contributed by atoms with Gasteiger partial charge < -0.3 is 9.84 Å². The van der Waals surface area contributed by atoms with Gasteiger partial charge in [-0.3, -0.25) is 14.2 Å². The Balaban J connectivity index is 1.58. The molecule has 4 rings (SSSR count). The van der Waals surface area contributed by atoms with E-state index in [9.17, 15) is 13.2 Å². The molecule has 0 fully saturated rings. The van der Waals surface area contributed by atoms with Crippen molar-refractivity contribution in [1.29, 1.82) is 5.26 Å². The van der Waals surface area contributed by atoms with Gasteiger partial charge in [-0.1, -0.05) is 29.4 Å². The Morgan fingerprint density at radius 3 is 2.76 bits per heavy atom. The first-order chi connectivity index (χ1) is 15.8. The number of fused-ring (bicyclic) bond motifs is 1. The van der Waals surface area contributed by atoms with Crippen LogP contribution in [0.3, 0.4) is 0 Å². The Morgan fingerprint density at radius 2 is 2.00 bits per heavy atom. The second-order valence-corrected chi connectivity index (χ2v) is 9.11. The Labute approximate surface area is 189 Å². The summed E-state index contributed by atoms with van der Waals surface area (Å²) < 4.78 is 35.2. The summed E-state index contributed by atoms with van der Waals surface area (Å²) in [5.74, 6) is -0.261. The number of amides is 1. The molecule has 168 valence electrons. The van der Waals surface area contributed by atoms with E-state index in [1.54, 1.807) is 42.1 Å². The summed E-state index contributed by atoms with van der Waals surface area (Å²) in [5.41, 5.74) is 2.99. The average molecular weight is 465 g/mol. The van der Waals surface area contributed by atoms with Gasteiger partial charge in [0.15, 0.2) is 11.4 Å². The van der Waals surface area contributed by atoms with Crippen LogP contribution >= 0.6 is 0 Å². The zero-order valence-corrected chi connectivity index (χ0v) is 18.7. The summed E-state index contributed by atoms with van der Waals surface area (Å²) in [7, 11) is -3.84. The summed E-state index contributed by atoms with van der Waals surface area (Å²) in [5, 5.41) is 19.7. The van der Waals surface area contributed by atoms with Crippen LogP contribution in [0, 0.1) is 25.2 Å². The van der Waals surface area contributed by atoms with Crippen LogP contribution in [0.5, 0.6) is 0 Å². The van der Waals surface area contributed by atoms with E-state index in [-0.39, 0.29) is 23.2 Å². The molecule has 0 saturated heterocycles. The summed E-state index contributed by atoms with van der Waals surface area (Å²) >= 11 is 0. The lowest BCUT2D eigenvalue weighted by Gasteiger charge is -2.09. The Morgan fingerprint density at radius 1 is 1.21 bits per heavy atom. The number of rotatable bonds is 7. The number of benzene rings is 2. The molecule has 10 nitrogen and oxygen atoms in total. The molecule has 2 aromatic carbocycles. The lowest BCUT2D eigenvalue weighted by atomic mass is 10.1. The van der Waals surface area contributed by atoms with Crippen molar-refractivity contribution in [2.24, 2.45) is 0 Å². The maximum absolute atomic E-state index is 12.9. The van der Waals surface area contributed by atoms with Crippen molar-refractivity contribution in [3.63, 3.8) is 0 Å². The fourth-order valence-corrected chi connectivity index (χ4v) is 4.77. The molecule has 0 aliphatic heterocycles. The molecule has 33 heavy (non-hydrogen) atoms. The number of hydrogen-bond acceptors (Lipinski definition) is 7. The summed E-state index contributed by atoms with van der Waals surface area (Å²) in [6, 6.07) is 12.2. The number of sulfonamides is 1. The van der Waals surface area contributed by atoms with Crippen LogP contribution in [0.1, 0.15) is 27.0 Å². The molecular formula is C22H20N6O4S. The predicted molar refractivity (Wildman–Crippen MR) is 120 cm³/mol. The summed E-state index contributed by atoms with van der Waals surface area (Å²) in [6.45, 7) is 3.83. The van der Waals surface area contributed by atoms with Crippen LogP contribution in [-0.4, -0.2) is 35.8 Å². The molecule has 0 radical (unpaired) electrons. The van der Waals surface area contributed by atoms with Gasteiger partial charge in [0.25, 0.3) is 15.9 Å². The number of anilines is 1. The fourth-order valence-electron chi connectivity index (χ4n) is 3.52. The van der Waals surface area contributed by atoms with E-state index < -0.39 is 10.0 Å². The van der Waals surface area contributed by atoms with Crippen molar-refractivity contribution in [3.8, 4) is 6.07 Å². The standard InChI is InChI=1S/C22H20N6O4S/c1-14-5-3-4-6-19(14)33(30,31)27-21-20-15(2)9-16(10-18(20)32-26-21)12-28-13-17(11-25-28)22(29)24-8-7-23/h3-6,9-11,13H,8,12H2,1-2H3,(H,24,29)(H,26,27). The van der Waals surface area contributed by atoms with Gasteiger partial charge in [-0.2, -0.15) is 10.4 Å². The molecule has 0 atom stereocenters. The van der Waals surface area contributed by atoms with Gasteiger partial charge in [0.2, 0.25) is 0 Å². The molecule has 2 heterocycles. The molecule has 0 saturated carbocycles. The average Bonchev–Trinajstić information content (AvgIpc) is 3.39. The number of nitrogens with one attached hydrogen (secondary N) is 2. The number of aryl methyl sites for hydroxylation is 2. The first-order valence-electron chi connectivity index (χ1n) is 9.93. The Kier molecular flexibility index (Phi) is 5.85. The van der Waals surface area contributed by atoms with E-state index in [0.717, 1.165) is 11.1 Å². The van der Waals surface area contributed by atoms with E-state index >= 15 is 0 Å². The maximum atomic E-state index is 12.9. The van der Waals surface area contributed by atoms with E-state index in [2.05, 4.69) is 20.3 Å². The minimum absolute atomic E-state index is 0.0820. The van der Waals surface area contributed by atoms with Crippen LogP contribution < -0.4 is 10.0 Å². The lowest BCUT2D eigenvalue weighted by molar-refractivity contribution is 0.0958. The first kappa shape index (κ1) is 22.0. The molecule has 2 N–H and O–H groups in total. The summed E-state index contributed by atoms with van der Waals surface area (Å²) in [4.78, 5) is 12.1. The molecule has 2 aromatic heterocycles. The highest BCUT2D eigenvalue weighted by atomic mass is 32.2. The number of carbonyl (C=O) groups excluding carboxylic acids is 1. The fraction of sp³-hybridized carbons (Fsp3) is 0.182. The molecule has 11 heteroatoms. The van der Waals surface area contributed by atoms with Crippen molar-refractivity contribution >= 4 is 32.7 Å². The van der Waals surface area contributed by atoms with Crippen molar-refractivity contribution in [1.82, 2.24) is 20.3 Å². The van der Waals surface area contributed by atoms with Crippen molar-refractivity contribution < 1.29 is 17.7 Å². The van der Waals surface area contributed by atoms with Crippen LogP contribution in [-0.2, 0) is 16.6 Å². The number of nitriles is 1. The highest BCUT2D eigenvalue weighted by Gasteiger charge is 2.21. The van der Waals surface area contributed by atoms with Crippen molar-refractivity contribution in [2.45, 2.75) is 25.3 Å². The van der Waals surface area contributed by atoms with E-state index in [1.165, 1.54) is 12.3 Å². The zero-order valence-electron chi connectivity index (χ0n) is 17.9. The molecule has 1 amide bonds. The van der Waals surface area contributed by atoms with Gasteiger partial charge in [-0.05, 0) is 42.7 Å². The van der Waals surface area contributed by atoms with Crippen LogP contribution in [0.2, 0.25) is 0 Å².